The summed E-state index contributed by atoms with van der Waals surface area (Å²) in [6.45, 7) is 0.493. The van der Waals surface area contributed by atoms with E-state index in [-0.39, 0.29) is 5.82 Å². The zero-order valence-corrected chi connectivity index (χ0v) is 11.2. The lowest BCUT2D eigenvalue weighted by atomic mass is 10.2. The van der Waals surface area contributed by atoms with Crippen molar-refractivity contribution in [2.45, 2.75) is 6.42 Å². The van der Waals surface area contributed by atoms with Crippen LogP contribution in [-0.4, -0.2) is 23.6 Å². The molecule has 0 spiro atoms. The first-order valence-corrected chi connectivity index (χ1v) is 6.12. The lowest BCUT2D eigenvalue weighted by Crippen LogP contribution is -2.20. The van der Waals surface area contributed by atoms with Crippen LogP contribution < -0.4 is 15.4 Å². The molecule has 0 bridgehead atoms. The summed E-state index contributed by atoms with van der Waals surface area (Å²) >= 11 is 0. The van der Waals surface area contributed by atoms with Crippen LogP contribution in [0.25, 0.3) is 0 Å². The zero-order valence-electron chi connectivity index (χ0n) is 11.2. The van der Waals surface area contributed by atoms with Gasteiger partial charge < -0.3 is 15.4 Å². The quantitative estimate of drug-likeness (QED) is 0.894. The molecule has 1 aromatic heterocycles. The Labute approximate surface area is 117 Å². The molecule has 20 heavy (non-hydrogen) atoms. The van der Waals surface area contributed by atoms with E-state index in [0.29, 0.717) is 24.5 Å². The predicted octanol–water partition coefficient (Wildman–Crippen LogP) is 2.12. The molecule has 1 heterocycles. The summed E-state index contributed by atoms with van der Waals surface area (Å²) in [5.74, 6) is 1.24. The van der Waals surface area contributed by atoms with E-state index in [1.165, 1.54) is 13.4 Å². The van der Waals surface area contributed by atoms with Crippen molar-refractivity contribution in [3.8, 4) is 11.8 Å². The van der Waals surface area contributed by atoms with E-state index in [9.17, 15) is 0 Å². The molecule has 2 rings (SSSR count). The van der Waals surface area contributed by atoms with E-state index in [2.05, 4.69) is 16.0 Å². The standard InChI is InChI=1S/C14H15N5O/c1-20-12-13(16)17-10-18-14(12)19(9-5-8-15)11-6-3-2-4-7-11/h2-4,6-7,10H,5,9H2,1H3,(H2,16,17,18). The van der Waals surface area contributed by atoms with Gasteiger partial charge in [0, 0.05) is 12.2 Å². The molecule has 102 valence electrons. The minimum absolute atomic E-state index is 0.274. The molecule has 1 aromatic carbocycles. The van der Waals surface area contributed by atoms with E-state index >= 15 is 0 Å². The smallest absolute Gasteiger partial charge is 0.204 e. The molecule has 0 aliphatic carbocycles. The van der Waals surface area contributed by atoms with Crippen LogP contribution in [0.4, 0.5) is 17.3 Å². The van der Waals surface area contributed by atoms with Gasteiger partial charge in [0.1, 0.15) is 6.33 Å². The third kappa shape index (κ3) is 2.78. The summed E-state index contributed by atoms with van der Waals surface area (Å²) in [6, 6.07) is 11.8. The maximum Gasteiger partial charge on any atom is 0.204 e. The highest BCUT2D eigenvalue weighted by molar-refractivity contribution is 5.70. The van der Waals surface area contributed by atoms with Crippen LogP contribution in [0.15, 0.2) is 36.7 Å². The minimum Gasteiger partial charge on any atom is -0.490 e. The summed E-state index contributed by atoms with van der Waals surface area (Å²) in [5, 5.41) is 8.82. The van der Waals surface area contributed by atoms with Crippen LogP contribution in [0.5, 0.6) is 5.75 Å². The number of methoxy groups -OCH3 is 1. The lowest BCUT2D eigenvalue weighted by molar-refractivity contribution is 0.414. The van der Waals surface area contributed by atoms with Crippen LogP contribution in [0.2, 0.25) is 0 Å². The fraction of sp³-hybridized carbons (Fsp3) is 0.214. The molecule has 2 aromatic rings. The Balaban J connectivity index is 2.47. The van der Waals surface area contributed by atoms with Crippen molar-refractivity contribution in [3.05, 3.63) is 36.7 Å². The third-order valence-electron chi connectivity index (χ3n) is 2.79. The molecular formula is C14H15N5O. The normalized spacial score (nSPS) is 9.80. The number of nitrogens with two attached hydrogens (primary N) is 1. The first kappa shape index (κ1) is 13.6. The van der Waals surface area contributed by atoms with Gasteiger partial charge in [0.05, 0.1) is 19.6 Å². The largest absolute Gasteiger partial charge is 0.490 e. The first-order valence-electron chi connectivity index (χ1n) is 6.12. The molecule has 0 radical (unpaired) electrons. The van der Waals surface area contributed by atoms with Gasteiger partial charge in [-0.25, -0.2) is 9.97 Å². The number of ether oxygens (including phenoxy) is 1. The number of nitrogens with zero attached hydrogens (tertiary/aromatic N) is 4. The van der Waals surface area contributed by atoms with Gasteiger partial charge in [-0.1, -0.05) is 18.2 Å². The van der Waals surface area contributed by atoms with Crippen molar-refractivity contribution in [3.63, 3.8) is 0 Å². The van der Waals surface area contributed by atoms with Crippen LogP contribution in [0, 0.1) is 11.3 Å². The Morgan fingerprint density at radius 1 is 1.30 bits per heavy atom. The maximum atomic E-state index is 8.82. The molecule has 0 aliphatic rings. The number of aromatic nitrogens is 2. The van der Waals surface area contributed by atoms with Gasteiger partial charge >= 0.3 is 0 Å². The van der Waals surface area contributed by atoms with E-state index in [4.69, 9.17) is 15.7 Å². The van der Waals surface area contributed by atoms with Gasteiger partial charge in [0.25, 0.3) is 0 Å². The van der Waals surface area contributed by atoms with Gasteiger partial charge in [0.15, 0.2) is 11.6 Å². The van der Waals surface area contributed by atoms with Crippen molar-refractivity contribution in [1.82, 2.24) is 9.97 Å². The average molecular weight is 269 g/mol. The highest BCUT2D eigenvalue weighted by Crippen LogP contribution is 2.34. The second-order valence-electron chi connectivity index (χ2n) is 4.01. The maximum absolute atomic E-state index is 8.82. The van der Waals surface area contributed by atoms with Gasteiger partial charge in [-0.15, -0.1) is 0 Å². The molecular weight excluding hydrogens is 254 g/mol. The number of rotatable bonds is 5. The fourth-order valence-corrected chi connectivity index (χ4v) is 1.89. The first-order chi connectivity index (χ1) is 9.77. The predicted molar refractivity (Wildman–Crippen MR) is 76.7 cm³/mol. The molecule has 0 atom stereocenters. The summed E-state index contributed by atoms with van der Waals surface area (Å²) < 4.78 is 5.28. The Hall–Kier alpha value is -2.81. The monoisotopic (exact) mass is 269 g/mol. The van der Waals surface area contributed by atoms with Crippen molar-refractivity contribution < 1.29 is 4.74 Å². The molecule has 2 N–H and O–H groups in total. The number of anilines is 3. The van der Waals surface area contributed by atoms with E-state index < -0.39 is 0 Å². The summed E-state index contributed by atoms with van der Waals surface area (Å²) in [7, 11) is 1.52. The number of hydrogen-bond donors (Lipinski definition) is 1. The second-order valence-corrected chi connectivity index (χ2v) is 4.01. The number of hydrogen-bond acceptors (Lipinski definition) is 6. The average Bonchev–Trinajstić information content (AvgIpc) is 2.49. The van der Waals surface area contributed by atoms with E-state index in [1.54, 1.807) is 0 Å². The molecule has 6 nitrogen and oxygen atoms in total. The Bertz CT molecular complexity index is 609. The summed E-state index contributed by atoms with van der Waals surface area (Å²) in [6.07, 6.45) is 1.75. The summed E-state index contributed by atoms with van der Waals surface area (Å²) in [5.41, 5.74) is 6.72. The molecule has 6 heteroatoms. The lowest BCUT2D eigenvalue weighted by Gasteiger charge is -2.24. The Morgan fingerprint density at radius 3 is 2.70 bits per heavy atom. The van der Waals surface area contributed by atoms with Crippen molar-refractivity contribution >= 4 is 17.3 Å². The SMILES string of the molecule is COc1c(N)ncnc1N(CCC#N)c1ccccc1. The van der Waals surface area contributed by atoms with E-state index in [1.807, 2.05) is 35.2 Å². The topological polar surface area (TPSA) is 88.1 Å². The summed E-state index contributed by atoms with van der Waals surface area (Å²) in [4.78, 5) is 10.0. The molecule has 0 amide bonds. The van der Waals surface area contributed by atoms with Crippen molar-refractivity contribution in [1.29, 1.82) is 5.26 Å². The highest BCUT2D eigenvalue weighted by atomic mass is 16.5. The fourth-order valence-electron chi connectivity index (χ4n) is 1.89. The number of nitriles is 1. The molecule has 0 fully saturated rings. The Kier molecular flexibility index (Phi) is 4.35. The number of para-hydroxylation sites is 1. The second kappa shape index (κ2) is 6.38. The van der Waals surface area contributed by atoms with Crippen LogP contribution in [0.3, 0.4) is 0 Å². The zero-order chi connectivity index (χ0) is 14.4. The van der Waals surface area contributed by atoms with Crippen LogP contribution >= 0.6 is 0 Å². The number of nitrogen functional groups attached to an aromatic ring is 1. The van der Waals surface area contributed by atoms with Gasteiger partial charge in [-0.05, 0) is 12.1 Å². The highest BCUT2D eigenvalue weighted by Gasteiger charge is 2.18. The van der Waals surface area contributed by atoms with E-state index in [0.717, 1.165) is 5.69 Å². The van der Waals surface area contributed by atoms with Crippen molar-refractivity contribution in [2.75, 3.05) is 24.3 Å². The van der Waals surface area contributed by atoms with Gasteiger partial charge in [-0.3, -0.25) is 0 Å². The molecule has 0 aliphatic heterocycles. The van der Waals surface area contributed by atoms with Crippen molar-refractivity contribution in [2.24, 2.45) is 0 Å². The third-order valence-corrected chi connectivity index (χ3v) is 2.79. The minimum atomic E-state index is 0.274. The molecule has 0 saturated heterocycles. The molecule has 0 unspecified atom stereocenters. The molecule has 0 saturated carbocycles. The van der Waals surface area contributed by atoms with Gasteiger partial charge in [0.2, 0.25) is 5.75 Å². The van der Waals surface area contributed by atoms with Crippen LogP contribution in [0.1, 0.15) is 6.42 Å². The van der Waals surface area contributed by atoms with Gasteiger partial charge in [-0.2, -0.15) is 5.26 Å². The number of benzene rings is 1. The Morgan fingerprint density at radius 2 is 2.05 bits per heavy atom. The van der Waals surface area contributed by atoms with Crippen LogP contribution in [-0.2, 0) is 0 Å².